The second-order valence-corrected chi connectivity index (χ2v) is 3.31. The van der Waals surface area contributed by atoms with Crippen LogP contribution < -0.4 is 0 Å². The Balaban J connectivity index is 2.63. The number of aromatic nitrogens is 4. The molecule has 0 bridgehead atoms. The van der Waals surface area contributed by atoms with Crippen molar-refractivity contribution in [2.24, 2.45) is 0 Å². The third-order valence-corrected chi connectivity index (χ3v) is 2.29. The van der Waals surface area contributed by atoms with Crippen molar-refractivity contribution < 1.29 is 4.39 Å². The fourth-order valence-corrected chi connectivity index (χ4v) is 1.52. The van der Waals surface area contributed by atoms with Gasteiger partial charge in [0.25, 0.3) is 0 Å². The van der Waals surface area contributed by atoms with Crippen LogP contribution in [0.15, 0.2) is 18.2 Å². The van der Waals surface area contributed by atoms with Crippen LogP contribution in [-0.4, -0.2) is 20.2 Å². The van der Waals surface area contributed by atoms with Gasteiger partial charge >= 0.3 is 0 Å². The number of benzene rings is 1. The molecule has 0 aliphatic rings. The number of rotatable bonds is 2. The molecule has 2 rings (SSSR count). The highest BCUT2D eigenvalue weighted by Crippen LogP contribution is 2.18. The molecule has 0 radical (unpaired) electrons. The van der Waals surface area contributed by atoms with Gasteiger partial charge in [-0.05, 0) is 29.0 Å². The van der Waals surface area contributed by atoms with Gasteiger partial charge in [-0.25, -0.2) is 4.39 Å². The van der Waals surface area contributed by atoms with Crippen molar-refractivity contribution in [3.8, 4) is 5.69 Å². The normalized spacial score (nSPS) is 10.6. The summed E-state index contributed by atoms with van der Waals surface area (Å²) in [6, 6.07) is 4.79. The van der Waals surface area contributed by atoms with Crippen LogP contribution in [0.3, 0.4) is 0 Å². The summed E-state index contributed by atoms with van der Waals surface area (Å²) in [6.45, 7) is 1.79. The minimum Gasteiger partial charge on any atom is -0.205 e. The Kier molecular flexibility index (Phi) is 2.64. The number of halogens is 2. The third kappa shape index (κ3) is 1.70. The van der Waals surface area contributed by atoms with Crippen LogP contribution in [0.4, 0.5) is 4.39 Å². The van der Waals surface area contributed by atoms with E-state index < -0.39 is 0 Å². The SMILES string of the molecule is Cc1cccc(F)c1-n1nnnc1CCl. The van der Waals surface area contributed by atoms with Crippen LogP contribution in [0.1, 0.15) is 11.4 Å². The summed E-state index contributed by atoms with van der Waals surface area (Å²) < 4.78 is 14.9. The van der Waals surface area contributed by atoms with E-state index in [0.29, 0.717) is 11.5 Å². The Hall–Kier alpha value is -1.49. The molecule has 0 unspecified atom stereocenters. The fourth-order valence-electron chi connectivity index (χ4n) is 1.35. The van der Waals surface area contributed by atoms with Gasteiger partial charge in [0.05, 0.1) is 5.88 Å². The molecular formula is C9H8ClFN4. The lowest BCUT2D eigenvalue weighted by molar-refractivity contribution is 0.602. The molecule has 0 saturated heterocycles. The number of tetrazole rings is 1. The Morgan fingerprint density at radius 1 is 1.47 bits per heavy atom. The van der Waals surface area contributed by atoms with Gasteiger partial charge in [0.2, 0.25) is 0 Å². The zero-order chi connectivity index (χ0) is 10.8. The lowest BCUT2D eigenvalue weighted by atomic mass is 10.2. The standard InChI is InChI=1S/C9H8ClFN4/c1-6-3-2-4-7(11)9(6)15-8(5-10)12-13-14-15/h2-4H,5H2,1H3. The zero-order valence-electron chi connectivity index (χ0n) is 7.98. The predicted octanol–water partition coefficient (Wildman–Crippen LogP) is 1.85. The first-order valence-electron chi connectivity index (χ1n) is 4.32. The number of hydrogen-bond donors (Lipinski definition) is 0. The zero-order valence-corrected chi connectivity index (χ0v) is 8.74. The first-order chi connectivity index (χ1) is 7.24. The second kappa shape index (κ2) is 3.94. The molecule has 0 fully saturated rings. The molecule has 78 valence electrons. The van der Waals surface area contributed by atoms with Crippen LogP contribution in [0.5, 0.6) is 0 Å². The van der Waals surface area contributed by atoms with E-state index >= 15 is 0 Å². The molecular weight excluding hydrogens is 219 g/mol. The quantitative estimate of drug-likeness (QED) is 0.734. The molecule has 15 heavy (non-hydrogen) atoms. The maximum absolute atomic E-state index is 13.6. The molecule has 4 nitrogen and oxygen atoms in total. The highest BCUT2D eigenvalue weighted by Gasteiger charge is 2.13. The van der Waals surface area contributed by atoms with E-state index in [1.165, 1.54) is 10.7 Å². The summed E-state index contributed by atoms with van der Waals surface area (Å²) in [5, 5.41) is 10.9. The summed E-state index contributed by atoms with van der Waals surface area (Å²) in [4.78, 5) is 0. The molecule has 6 heteroatoms. The number of para-hydroxylation sites is 1. The van der Waals surface area contributed by atoms with Gasteiger partial charge in [-0.3, -0.25) is 0 Å². The van der Waals surface area contributed by atoms with E-state index in [9.17, 15) is 4.39 Å². The van der Waals surface area contributed by atoms with Crippen LogP contribution in [0.25, 0.3) is 5.69 Å². The van der Waals surface area contributed by atoms with E-state index in [2.05, 4.69) is 15.5 Å². The third-order valence-electron chi connectivity index (χ3n) is 2.05. The minimum absolute atomic E-state index is 0.140. The number of hydrogen-bond acceptors (Lipinski definition) is 3. The lowest BCUT2D eigenvalue weighted by Crippen LogP contribution is -2.06. The second-order valence-electron chi connectivity index (χ2n) is 3.05. The van der Waals surface area contributed by atoms with Gasteiger partial charge in [-0.1, -0.05) is 12.1 Å². The minimum atomic E-state index is -0.367. The molecule has 0 amide bonds. The summed E-state index contributed by atoms with van der Waals surface area (Å²) in [7, 11) is 0. The Morgan fingerprint density at radius 2 is 2.27 bits per heavy atom. The molecule has 2 aromatic rings. The average molecular weight is 227 g/mol. The molecule has 0 aliphatic heterocycles. The molecule has 1 aromatic heterocycles. The Morgan fingerprint density at radius 3 is 2.93 bits per heavy atom. The maximum atomic E-state index is 13.6. The van der Waals surface area contributed by atoms with Gasteiger partial charge in [0, 0.05) is 0 Å². The van der Waals surface area contributed by atoms with Crippen LogP contribution in [0.2, 0.25) is 0 Å². The highest BCUT2D eigenvalue weighted by atomic mass is 35.5. The lowest BCUT2D eigenvalue weighted by Gasteiger charge is -2.06. The van der Waals surface area contributed by atoms with Gasteiger partial charge in [-0.15, -0.1) is 16.7 Å². The predicted molar refractivity (Wildman–Crippen MR) is 53.4 cm³/mol. The molecule has 0 aliphatic carbocycles. The average Bonchev–Trinajstić information content (AvgIpc) is 2.65. The largest absolute Gasteiger partial charge is 0.205 e. The van der Waals surface area contributed by atoms with Gasteiger partial charge in [-0.2, -0.15) is 4.68 Å². The monoisotopic (exact) mass is 226 g/mol. The van der Waals surface area contributed by atoms with E-state index in [-0.39, 0.29) is 11.7 Å². The van der Waals surface area contributed by atoms with Crippen LogP contribution >= 0.6 is 11.6 Å². The summed E-state index contributed by atoms with van der Waals surface area (Å²) >= 11 is 5.64. The first kappa shape index (κ1) is 10.0. The maximum Gasteiger partial charge on any atom is 0.171 e. The van der Waals surface area contributed by atoms with Crippen molar-refractivity contribution >= 4 is 11.6 Å². The van der Waals surface area contributed by atoms with Crippen LogP contribution in [0, 0.1) is 12.7 Å². The molecule has 0 saturated carbocycles. The van der Waals surface area contributed by atoms with Crippen molar-refractivity contribution in [2.45, 2.75) is 12.8 Å². The molecule has 0 spiro atoms. The first-order valence-corrected chi connectivity index (χ1v) is 4.86. The summed E-state index contributed by atoms with van der Waals surface area (Å²) in [5.74, 6) is 0.194. The summed E-state index contributed by atoms with van der Waals surface area (Å²) in [5.41, 5.74) is 1.10. The van der Waals surface area contributed by atoms with Crippen molar-refractivity contribution in [3.63, 3.8) is 0 Å². The molecule has 1 aromatic carbocycles. The van der Waals surface area contributed by atoms with Crippen molar-refractivity contribution in [1.29, 1.82) is 0 Å². The van der Waals surface area contributed by atoms with E-state index in [0.717, 1.165) is 5.56 Å². The molecule has 0 N–H and O–H groups in total. The van der Waals surface area contributed by atoms with Gasteiger partial charge in [0.15, 0.2) is 5.82 Å². The van der Waals surface area contributed by atoms with Crippen molar-refractivity contribution in [1.82, 2.24) is 20.2 Å². The van der Waals surface area contributed by atoms with Gasteiger partial charge < -0.3 is 0 Å². The Bertz CT molecular complexity index is 462. The molecule has 1 heterocycles. The number of alkyl halides is 1. The highest BCUT2D eigenvalue weighted by molar-refractivity contribution is 6.16. The van der Waals surface area contributed by atoms with Crippen LogP contribution in [-0.2, 0) is 5.88 Å². The fraction of sp³-hybridized carbons (Fsp3) is 0.222. The Labute approximate surface area is 90.7 Å². The van der Waals surface area contributed by atoms with Gasteiger partial charge in [0.1, 0.15) is 11.5 Å². The topological polar surface area (TPSA) is 43.6 Å². The van der Waals surface area contributed by atoms with Crippen molar-refractivity contribution in [2.75, 3.05) is 0 Å². The van der Waals surface area contributed by atoms with E-state index in [1.54, 1.807) is 19.1 Å². The number of aryl methyl sites for hydroxylation is 1. The van der Waals surface area contributed by atoms with E-state index in [4.69, 9.17) is 11.6 Å². The van der Waals surface area contributed by atoms with Crippen molar-refractivity contribution in [3.05, 3.63) is 35.4 Å². The summed E-state index contributed by atoms with van der Waals surface area (Å²) in [6.07, 6.45) is 0. The smallest absolute Gasteiger partial charge is 0.171 e. The van der Waals surface area contributed by atoms with E-state index in [1.807, 2.05) is 0 Å². The molecule has 0 atom stereocenters. The number of nitrogens with zero attached hydrogens (tertiary/aromatic N) is 4.